The van der Waals surface area contributed by atoms with E-state index in [9.17, 15) is 10.1 Å². The molecule has 9 heteroatoms. The van der Waals surface area contributed by atoms with Crippen LogP contribution in [-0.4, -0.2) is 69.0 Å². The van der Waals surface area contributed by atoms with Crippen LogP contribution in [0, 0.1) is 17.2 Å². The average molecular weight is 564 g/mol. The molecule has 0 radical (unpaired) electrons. The summed E-state index contributed by atoms with van der Waals surface area (Å²) in [5.41, 5.74) is 10.7. The summed E-state index contributed by atoms with van der Waals surface area (Å²) in [6, 6.07) is 22.7. The number of hydrogen-bond donors (Lipinski definition) is 1. The lowest BCUT2D eigenvalue weighted by Crippen LogP contribution is -2.51. The molecule has 0 spiro atoms. The molecule has 0 bridgehead atoms. The zero-order valence-electron chi connectivity index (χ0n) is 24.5. The van der Waals surface area contributed by atoms with Crippen molar-refractivity contribution in [3.05, 3.63) is 66.2 Å². The van der Waals surface area contributed by atoms with E-state index >= 15 is 0 Å². The van der Waals surface area contributed by atoms with E-state index in [2.05, 4.69) is 17.0 Å². The molecule has 2 aromatic carbocycles. The molecule has 2 fully saturated rings. The van der Waals surface area contributed by atoms with Crippen LogP contribution < -0.4 is 5.73 Å². The zero-order chi connectivity index (χ0) is 29.4. The van der Waals surface area contributed by atoms with Gasteiger partial charge in [-0.2, -0.15) is 10.4 Å². The predicted molar refractivity (Wildman–Crippen MR) is 164 cm³/mol. The third-order valence-corrected chi connectivity index (χ3v) is 8.19. The summed E-state index contributed by atoms with van der Waals surface area (Å²) in [6.45, 7) is 9.71. The fraction of sp³-hybridized carbons (Fsp3) is 0.394. The summed E-state index contributed by atoms with van der Waals surface area (Å²) in [4.78, 5) is 21.5. The first-order valence-electron chi connectivity index (χ1n) is 14.6. The Kier molecular flexibility index (Phi) is 7.33. The minimum absolute atomic E-state index is 0.169. The van der Waals surface area contributed by atoms with Crippen LogP contribution in [0.15, 0.2) is 60.7 Å². The first-order chi connectivity index (χ1) is 20.2. The molecule has 2 aliphatic rings. The number of rotatable bonds is 5. The van der Waals surface area contributed by atoms with Crippen molar-refractivity contribution in [2.24, 2.45) is 5.92 Å². The molecular formula is C33H37N7O2. The largest absolute Gasteiger partial charge is 0.444 e. The molecule has 216 valence electrons. The Hall–Kier alpha value is -4.42. The van der Waals surface area contributed by atoms with Gasteiger partial charge >= 0.3 is 6.09 Å². The summed E-state index contributed by atoms with van der Waals surface area (Å²) >= 11 is 0. The fourth-order valence-corrected chi connectivity index (χ4v) is 5.93. The number of nitrogen functional groups attached to an aromatic ring is 1. The smallest absolute Gasteiger partial charge is 0.410 e. The van der Waals surface area contributed by atoms with Gasteiger partial charge in [-0.3, -0.25) is 4.90 Å². The van der Waals surface area contributed by atoms with Crippen LogP contribution in [0.1, 0.15) is 45.2 Å². The molecule has 2 aromatic heterocycles. The van der Waals surface area contributed by atoms with E-state index in [0.717, 1.165) is 60.2 Å². The van der Waals surface area contributed by atoms with Gasteiger partial charge < -0.3 is 15.4 Å². The molecule has 1 saturated heterocycles. The molecule has 4 aromatic rings. The van der Waals surface area contributed by atoms with Crippen molar-refractivity contribution in [2.75, 3.05) is 38.5 Å². The van der Waals surface area contributed by atoms with Crippen molar-refractivity contribution in [3.8, 4) is 28.6 Å². The van der Waals surface area contributed by atoms with Gasteiger partial charge in [-0.05, 0) is 51.7 Å². The Bertz CT molecular complexity index is 1640. The van der Waals surface area contributed by atoms with Crippen LogP contribution in [0.4, 0.5) is 10.6 Å². The van der Waals surface area contributed by atoms with E-state index in [0.29, 0.717) is 36.1 Å². The Morgan fingerprint density at radius 2 is 1.74 bits per heavy atom. The lowest BCUT2D eigenvalue weighted by atomic mass is 9.80. The third kappa shape index (κ3) is 5.68. The quantitative estimate of drug-likeness (QED) is 0.330. The maximum absolute atomic E-state index is 12.4. The van der Waals surface area contributed by atoms with E-state index in [1.54, 1.807) is 4.90 Å². The average Bonchev–Trinajstić information content (AvgIpc) is 3.29. The Morgan fingerprint density at radius 1 is 1.02 bits per heavy atom. The molecule has 1 aliphatic heterocycles. The van der Waals surface area contributed by atoms with Crippen LogP contribution in [0.3, 0.4) is 0 Å². The molecule has 0 atom stereocenters. The summed E-state index contributed by atoms with van der Waals surface area (Å²) < 4.78 is 7.37. The van der Waals surface area contributed by atoms with Crippen LogP contribution in [0.5, 0.6) is 0 Å². The molecule has 42 heavy (non-hydrogen) atoms. The predicted octanol–water partition coefficient (Wildman–Crippen LogP) is 5.72. The minimum Gasteiger partial charge on any atom is -0.444 e. The summed E-state index contributed by atoms with van der Waals surface area (Å²) in [5, 5.41) is 15.9. The summed E-state index contributed by atoms with van der Waals surface area (Å²) in [6.07, 6.45) is 1.69. The number of carbonyl (C=O) groups is 1. The molecular weight excluding hydrogens is 526 g/mol. The number of piperazine rings is 1. The van der Waals surface area contributed by atoms with Crippen molar-refractivity contribution in [2.45, 2.75) is 45.3 Å². The van der Waals surface area contributed by atoms with E-state index in [1.807, 2.05) is 80.1 Å². The highest BCUT2D eigenvalue weighted by atomic mass is 16.6. The first-order valence-corrected chi connectivity index (χ1v) is 14.6. The van der Waals surface area contributed by atoms with Gasteiger partial charge in [0.2, 0.25) is 0 Å². The van der Waals surface area contributed by atoms with Crippen molar-refractivity contribution in [1.82, 2.24) is 24.6 Å². The normalized spacial score (nSPS) is 19.3. The summed E-state index contributed by atoms with van der Waals surface area (Å²) in [5.74, 6) is 0.954. The van der Waals surface area contributed by atoms with E-state index < -0.39 is 5.60 Å². The third-order valence-electron chi connectivity index (χ3n) is 8.19. The molecule has 6 rings (SSSR count). The van der Waals surface area contributed by atoms with E-state index in [-0.39, 0.29) is 12.1 Å². The van der Waals surface area contributed by atoms with E-state index in [4.69, 9.17) is 20.6 Å². The van der Waals surface area contributed by atoms with Gasteiger partial charge in [-0.15, -0.1) is 0 Å². The Morgan fingerprint density at radius 3 is 2.43 bits per heavy atom. The number of ether oxygens (including phenoxy) is 1. The molecule has 3 heterocycles. The highest BCUT2D eigenvalue weighted by Gasteiger charge is 2.36. The van der Waals surface area contributed by atoms with Crippen LogP contribution in [0.25, 0.3) is 33.4 Å². The molecule has 1 aliphatic carbocycles. The van der Waals surface area contributed by atoms with Gasteiger partial charge in [-0.25, -0.2) is 14.5 Å². The van der Waals surface area contributed by atoms with Crippen molar-refractivity contribution < 1.29 is 9.53 Å². The lowest BCUT2D eigenvalue weighted by molar-refractivity contribution is 0.0107. The number of amides is 1. The van der Waals surface area contributed by atoms with Gasteiger partial charge in [0.05, 0.1) is 17.3 Å². The van der Waals surface area contributed by atoms with Gasteiger partial charge in [-0.1, -0.05) is 48.5 Å². The molecule has 1 amide bonds. The van der Waals surface area contributed by atoms with Gasteiger partial charge in [0.15, 0.2) is 0 Å². The Labute approximate surface area is 246 Å². The number of nitriles is 1. The minimum atomic E-state index is -0.480. The van der Waals surface area contributed by atoms with Crippen molar-refractivity contribution >= 4 is 22.8 Å². The number of pyridine rings is 1. The number of nitrogens with zero attached hydrogens (tertiary/aromatic N) is 6. The van der Waals surface area contributed by atoms with Crippen molar-refractivity contribution in [3.63, 3.8) is 0 Å². The number of anilines is 1. The number of nitrogens with two attached hydrogens (primary N) is 1. The van der Waals surface area contributed by atoms with Crippen molar-refractivity contribution in [1.29, 1.82) is 5.26 Å². The topological polar surface area (TPSA) is 113 Å². The highest BCUT2D eigenvalue weighted by Crippen LogP contribution is 2.41. The molecule has 0 unspecified atom stereocenters. The molecule has 9 nitrogen and oxygen atoms in total. The second kappa shape index (κ2) is 11.1. The number of carbonyl (C=O) groups excluding carboxylic acids is 1. The van der Waals surface area contributed by atoms with Gasteiger partial charge in [0, 0.05) is 49.2 Å². The highest BCUT2D eigenvalue weighted by molar-refractivity contribution is 5.87. The maximum Gasteiger partial charge on any atom is 0.410 e. The number of hydrogen-bond acceptors (Lipinski definition) is 7. The first kappa shape index (κ1) is 27.7. The number of fused-ring (bicyclic) bond motifs is 1. The number of benzene rings is 2. The maximum atomic E-state index is 12.4. The van der Waals surface area contributed by atoms with Gasteiger partial charge in [0.25, 0.3) is 0 Å². The zero-order valence-corrected chi connectivity index (χ0v) is 24.5. The van der Waals surface area contributed by atoms with Gasteiger partial charge in [0.1, 0.15) is 28.7 Å². The molecule has 2 N–H and O–H groups in total. The monoisotopic (exact) mass is 563 g/mol. The molecule has 1 saturated carbocycles. The Balaban J connectivity index is 1.12. The number of aromatic nitrogens is 3. The standard InChI is InChI=1S/C33H37N7O2/c1-33(2,3)42-32(41)39-15-13-38(14-16-39)21-22-17-26(18-22)40-31(35)27(20-34)30(37-40)25-10-9-24-11-12-28(36-29(24)19-25)23-7-5-4-6-8-23/h4-12,19,22,26H,13-18,21,35H2,1-3H3. The van der Waals surface area contributed by atoms with Crippen LogP contribution in [0.2, 0.25) is 0 Å². The van der Waals surface area contributed by atoms with Crippen LogP contribution in [-0.2, 0) is 4.74 Å². The second-order valence-electron chi connectivity index (χ2n) is 12.4. The summed E-state index contributed by atoms with van der Waals surface area (Å²) in [7, 11) is 0. The van der Waals surface area contributed by atoms with E-state index in [1.165, 1.54) is 0 Å². The van der Waals surface area contributed by atoms with Crippen LogP contribution >= 0.6 is 0 Å². The lowest BCUT2D eigenvalue weighted by Gasteiger charge is -2.41. The SMILES string of the molecule is CC(C)(C)OC(=O)N1CCN(CC2CC(n3nc(-c4ccc5ccc(-c6ccccc6)nc5c4)c(C#N)c3N)C2)CC1. The second-order valence-corrected chi connectivity index (χ2v) is 12.4. The fourth-order valence-electron chi connectivity index (χ4n) is 5.93.